The molecule has 11 heteroatoms. The van der Waals surface area contributed by atoms with E-state index in [-0.39, 0.29) is 17.8 Å². The van der Waals surface area contributed by atoms with Crippen molar-refractivity contribution in [3.63, 3.8) is 0 Å². The van der Waals surface area contributed by atoms with Crippen molar-refractivity contribution in [2.24, 2.45) is 5.92 Å². The van der Waals surface area contributed by atoms with Crippen LogP contribution in [0.5, 0.6) is 0 Å². The molecule has 1 aliphatic carbocycles. The van der Waals surface area contributed by atoms with Crippen LogP contribution in [0.15, 0.2) is 50.8 Å². The number of alkyl halides is 3. The van der Waals surface area contributed by atoms with Crippen LogP contribution >= 0.6 is 12.4 Å². The average molecular weight is 497 g/mol. The lowest BCUT2D eigenvalue weighted by Crippen LogP contribution is -2.32. The molecule has 3 aromatic rings. The van der Waals surface area contributed by atoms with Gasteiger partial charge in [-0.3, -0.25) is 14.3 Å². The predicted octanol–water partition coefficient (Wildman–Crippen LogP) is 3.60. The molecular formula is C23H24ClF3N4O3. The first-order valence-corrected chi connectivity index (χ1v) is 10.8. The quantitative estimate of drug-likeness (QED) is 0.563. The summed E-state index contributed by atoms with van der Waals surface area (Å²) in [4.78, 5) is 29.1. The average Bonchev–Trinajstić information content (AvgIpc) is 3.09. The first kappa shape index (κ1) is 24.3. The highest BCUT2D eigenvalue weighted by Crippen LogP contribution is 2.59. The molecule has 2 aromatic heterocycles. The van der Waals surface area contributed by atoms with E-state index in [0.29, 0.717) is 35.8 Å². The van der Waals surface area contributed by atoms with E-state index >= 15 is 0 Å². The predicted molar refractivity (Wildman–Crippen MR) is 121 cm³/mol. The number of fused-ring (bicyclic) bond motifs is 1. The van der Waals surface area contributed by atoms with E-state index in [1.807, 2.05) is 0 Å². The van der Waals surface area contributed by atoms with Gasteiger partial charge in [0, 0.05) is 31.2 Å². The number of hydrogen-bond acceptors (Lipinski definition) is 5. The fraction of sp³-hybridized carbons (Fsp3) is 0.435. The minimum Gasteiger partial charge on any atom is -0.361 e. The number of nitrogens with zero attached hydrogens (tertiary/aromatic N) is 3. The van der Waals surface area contributed by atoms with Gasteiger partial charge in [0.25, 0.3) is 5.56 Å². The highest BCUT2D eigenvalue weighted by molar-refractivity contribution is 5.85. The van der Waals surface area contributed by atoms with Gasteiger partial charge in [-0.1, -0.05) is 17.3 Å². The summed E-state index contributed by atoms with van der Waals surface area (Å²) in [6, 6.07) is 5.56. The molecule has 0 unspecified atom stereocenters. The maximum Gasteiger partial charge on any atom is 0.416 e. The van der Waals surface area contributed by atoms with Crippen molar-refractivity contribution in [1.29, 1.82) is 0 Å². The van der Waals surface area contributed by atoms with Gasteiger partial charge in [0.05, 0.1) is 22.9 Å². The van der Waals surface area contributed by atoms with E-state index < -0.39 is 23.0 Å². The van der Waals surface area contributed by atoms with E-state index in [1.54, 1.807) is 19.1 Å². The Balaban J connectivity index is 0.00000274. The third-order valence-electron chi connectivity index (χ3n) is 6.93. The Labute approximate surface area is 199 Å². The number of rotatable bonds is 6. The Morgan fingerprint density at radius 3 is 2.56 bits per heavy atom. The van der Waals surface area contributed by atoms with Gasteiger partial charge in [-0.15, -0.1) is 12.4 Å². The highest BCUT2D eigenvalue weighted by Gasteiger charge is 2.60. The summed E-state index contributed by atoms with van der Waals surface area (Å²) in [6.45, 7) is 4.58. The number of halogens is 4. The van der Waals surface area contributed by atoms with Crippen LogP contribution in [-0.2, 0) is 18.1 Å². The number of benzene rings is 1. The molecule has 0 radical (unpaired) electrons. The summed E-state index contributed by atoms with van der Waals surface area (Å²) < 4.78 is 45.1. The molecule has 0 amide bonds. The van der Waals surface area contributed by atoms with E-state index in [0.717, 1.165) is 31.6 Å². The Morgan fingerprint density at radius 2 is 1.91 bits per heavy atom. The number of hydrogen-bond donors (Lipinski definition) is 1. The minimum absolute atomic E-state index is 0. The Morgan fingerprint density at radius 1 is 1.18 bits per heavy atom. The van der Waals surface area contributed by atoms with Crippen molar-refractivity contribution < 1.29 is 17.7 Å². The second-order valence-electron chi connectivity index (χ2n) is 9.01. The van der Waals surface area contributed by atoms with E-state index in [1.165, 1.54) is 29.1 Å². The van der Waals surface area contributed by atoms with Crippen LogP contribution in [-0.4, -0.2) is 39.2 Å². The summed E-state index contributed by atoms with van der Waals surface area (Å²) in [6.07, 6.45) is 0.352. The summed E-state index contributed by atoms with van der Waals surface area (Å²) in [5, 5.41) is 3.69. The summed E-state index contributed by atoms with van der Waals surface area (Å²) in [5.41, 5.74) is 0.206. The fourth-order valence-electron chi connectivity index (χ4n) is 5.08. The summed E-state index contributed by atoms with van der Waals surface area (Å²) in [5.74, 6) is 0.948. The van der Waals surface area contributed by atoms with Crippen LogP contribution in [0.25, 0.3) is 11.1 Å². The van der Waals surface area contributed by atoms with Crippen molar-refractivity contribution in [1.82, 2.24) is 19.6 Å². The largest absolute Gasteiger partial charge is 0.416 e. The zero-order valence-corrected chi connectivity index (χ0v) is 19.2. The number of piperidine rings is 1. The normalized spacial score (nSPS) is 21.8. The molecular weight excluding hydrogens is 473 g/mol. The van der Waals surface area contributed by atoms with Gasteiger partial charge in [-0.2, -0.15) is 13.2 Å². The molecule has 1 aromatic carbocycles. The van der Waals surface area contributed by atoms with Gasteiger partial charge in [0.15, 0.2) is 0 Å². The lowest BCUT2D eigenvalue weighted by molar-refractivity contribution is -0.137. The van der Waals surface area contributed by atoms with Crippen LogP contribution in [0.4, 0.5) is 13.2 Å². The maximum absolute atomic E-state index is 12.9. The SMILES string of the molecule is Cc1oncc1-c1cn(CCCN2C[C@@H]3C[C@]3(c3ccc(C(F)(F)F)cc3)C2)c(=O)[nH]c1=O.Cl. The monoisotopic (exact) mass is 496 g/mol. The van der Waals surface area contributed by atoms with Crippen molar-refractivity contribution in [2.75, 3.05) is 19.6 Å². The van der Waals surface area contributed by atoms with E-state index in [2.05, 4.69) is 15.0 Å². The van der Waals surface area contributed by atoms with Crippen molar-refractivity contribution in [3.05, 3.63) is 74.4 Å². The molecule has 1 saturated carbocycles. The molecule has 1 aliphatic heterocycles. The summed E-state index contributed by atoms with van der Waals surface area (Å²) in [7, 11) is 0. The van der Waals surface area contributed by atoms with Crippen LogP contribution in [0.3, 0.4) is 0 Å². The van der Waals surface area contributed by atoms with Gasteiger partial charge in [0.1, 0.15) is 5.76 Å². The number of aromatic amines is 1. The topological polar surface area (TPSA) is 84.1 Å². The van der Waals surface area contributed by atoms with E-state index in [4.69, 9.17) is 4.52 Å². The number of likely N-dealkylation sites (tertiary alicyclic amines) is 1. The number of aryl methyl sites for hydroxylation is 2. The van der Waals surface area contributed by atoms with Gasteiger partial charge < -0.3 is 9.42 Å². The lowest BCUT2D eigenvalue weighted by atomic mass is 9.94. The van der Waals surface area contributed by atoms with Crippen LogP contribution in [0, 0.1) is 12.8 Å². The zero-order valence-electron chi connectivity index (χ0n) is 18.4. The van der Waals surface area contributed by atoms with Gasteiger partial charge >= 0.3 is 11.9 Å². The molecule has 2 fully saturated rings. The summed E-state index contributed by atoms with van der Waals surface area (Å²) >= 11 is 0. The number of aromatic nitrogens is 3. The first-order valence-electron chi connectivity index (χ1n) is 10.8. The second kappa shape index (κ2) is 8.74. The maximum atomic E-state index is 12.9. The Hall–Kier alpha value is -2.85. The molecule has 5 rings (SSSR count). The molecule has 1 saturated heterocycles. The zero-order chi connectivity index (χ0) is 23.4. The Kier molecular flexibility index (Phi) is 6.24. The molecule has 34 heavy (non-hydrogen) atoms. The molecule has 0 spiro atoms. The van der Waals surface area contributed by atoms with Crippen molar-refractivity contribution in [2.45, 2.75) is 37.9 Å². The first-order chi connectivity index (χ1) is 15.7. The molecule has 2 atom stereocenters. The van der Waals surface area contributed by atoms with Crippen LogP contribution in [0.2, 0.25) is 0 Å². The molecule has 7 nitrogen and oxygen atoms in total. The second-order valence-corrected chi connectivity index (χ2v) is 9.01. The van der Waals surface area contributed by atoms with E-state index in [9.17, 15) is 22.8 Å². The standard InChI is InChI=1S/C23H23F3N4O3.ClH/c1-14-18(10-27-33-14)19-12-30(21(32)28-20(19)31)8-2-7-29-11-17-9-22(17,13-29)15-3-5-16(6-4-15)23(24,25)26;/h3-6,10,12,17H,2,7-9,11,13H2,1H3,(H,28,31,32);1H/t17-,22+;/m0./s1. The smallest absolute Gasteiger partial charge is 0.361 e. The molecule has 3 heterocycles. The van der Waals surface area contributed by atoms with Gasteiger partial charge in [-0.25, -0.2) is 4.79 Å². The van der Waals surface area contributed by atoms with Crippen molar-refractivity contribution >= 4 is 12.4 Å². The highest BCUT2D eigenvalue weighted by atomic mass is 35.5. The molecule has 182 valence electrons. The third-order valence-corrected chi connectivity index (χ3v) is 6.93. The van der Waals surface area contributed by atoms with Gasteiger partial charge in [0.2, 0.25) is 0 Å². The third kappa shape index (κ3) is 4.32. The fourth-order valence-corrected chi connectivity index (χ4v) is 5.08. The molecule has 2 aliphatic rings. The number of H-pyrrole nitrogens is 1. The molecule has 1 N–H and O–H groups in total. The lowest BCUT2D eigenvalue weighted by Gasteiger charge is -2.21. The Bertz CT molecular complexity index is 1300. The number of nitrogens with one attached hydrogen (secondary N) is 1. The van der Waals surface area contributed by atoms with Crippen molar-refractivity contribution in [3.8, 4) is 11.1 Å². The molecule has 0 bridgehead atoms. The van der Waals surface area contributed by atoms with Crippen LogP contribution in [0.1, 0.15) is 29.7 Å². The minimum atomic E-state index is -4.33. The van der Waals surface area contributed by atoms with Gasteiger partial charge in [-0.05, 0) is 49.9 Å². The van der Waals surface area contributed by atoms with Crippen LogP contribution < -0.4 is 11.2 Å².